The van der Waals surface area contributed by atoms with Crippen LogP contribution in [0.15, 0.2) is 25.6 Å². The Kier molecular flexibility index (Phi) is 5.96. The van der Waals surface area contributed by atoms with Crippen LogP contribution in [0.1, 0.15) is 20.8 Å². The topological polar surface area (TPSA) is 24.1 Å². The summed E-state index contributed by atoms with van der Waals surface area (Å²) in [4.78, 5) is 0. The molecular formula is C12H17Br3N2. The van der Waals surface area contributed by atoms with Gasteiger partial charge < -0.3 is 10.6 Å². The molecule has 0 atom stereocenters. The van der Waals surface area contributed by atoms with Gasteiger partial charge in [-0.3, -0.25) is 0 Å². The first kappa shape index (κ1) is 15.5. The Morgan fingerprint density at radius 2 is 1.53 bits per heavy atom. The summed E-state index contributed by atoms with van der Waals surface area (Å²) in [6.45, 7) is 8.31. The fourth-order valence-corrected chi connectivity index (χ4v) is 3.88. The predicted molar refractivity (Wildman–Crippen MR) is 85.8 cm³/mol. The lowest BCUT2D eigenvalue weighted by Gasteiger charge is -2.21. The highest BCUT2D eigenvalue weighted by Crippen LogP contribution is 2.34. The first-order chi connectivity index (χ1) is 7.79. The fraction of sp³-hybridized carbons (Fsp3) is 0.500. The van der Waals surface area contributed by atoms with E-state index in [1.807, 2.05) is 12.1 Å². The van der Waals surface area contributed by atoms with Crippen molar-refractivity contribution in [2.45, 2.75) is 26.3 Å². The highest BCUT2D eigenvalue weighted by molar-refractivity contribution is 9.11. The quantitative estimate of drug-likeness (QED) is 0.675. The number of hydrogen-bond donors (Lipinski definition) is 2. The van der Waals surface area contributed by atoms with Gasteiger partial charge >= 0.3 is 0 Å². The molecular weight excluding hydrogens is 412 g/mol. The lowest BCUT2D eigenvalue weighted by molar-refractivity contribution is 0.435. The molecule has 1 aromatic rings. The van der Waals surface area contributed by atoms with Gasteiger partial charge in [0.1, 0.15) is 0 Å². The number of rotatable bonds is 4. The first-order valence-corrected chi connectivity index (χ1v) is 7.81. The Hall–Kier alpha value is 0.420. The van der Waals surface area contributed by atoms with Gasteiger partial charge in [-0.15, -0.1) is 0 Å². The molecule has 0 saturated carbocycles. The Morgan fingerprint density at radius 1 is 1.00 bits per heavy atom. The van der Waals surface area contributed by atoms with Crippen LogP contribution in [0.3, 0.4) is 0 Å². The maximum atomic E-state index is 3.55. The second-order valence-electron chi connectivity index (χ2n) is 4.85. The maximum absolute atomic E-state index is 3.55. The summed E-state index contributed by atoms with van der Waals surface area (Å²) in [5, 5.41) is 6.84. The molecule has 1 aromatic carbocycles. The Morgan fingerprint density at radius 3 is 2.00 bits per heavy atom. The van der Waals surface area contributed by atoms with Gasteiger partial charge in [0, 0.05) is 32.0 Å². The molecule has 17 heavy (non-hydrogen) atoms. The van der Waals surface area contributed by atoms with Crippen LogP contribution >= 0.6 is 47.8 Å². The summed E-state index contributed by atoms with van der Waals surface area (Å²) in [6.07, 6.45) is 0. The largest absolute Gasteiger partial charge is 0.382 e. The van der Waals surface area contributed by atoms with Crippen LogP contribution < -0.4 is 10.6 Å². The zero-order valence-corrected chi connectivity index (χ0v) is 15.0. The number of nitrogens with one attached hydrogen (secondary N) is 2. The van der Waals surface area contributed by atoms with E-state index in [0.29, 0.717) is 0 Å². The molecule has 1 rings (SSSR count). The summed E-state index contributed by atoms with van der Waals surface area (Å²) in [5.41, 5.74) is 1.25. The van der Waals surface area contributed by atoms with E-state index in [2.05, 4.69) is 79.2 Å². The lowest BCUT2D eigenvalue weighted by Crippen LogP contribution is -2.38. The van der Waals surface area contributed by atoms with Crippen LogP contribution in [0, 0.1) is 0 Å². The molecule has 0 spiro atoms. The Bertz CT molecular complexity index is 363. The molecule has 0 aliphatic heterocycles. The van der Waals surface area contributed by atoms with Crippen LogP contribution in [-0.4, -0.2) is 18.6 Å². The predicted octanol–water partition coefficient (Wildman–Crippen LogP) is 4.77. The van der Waals surface area contributed by atoms with Gasteiger partial charge in [0.05, 0.1) is 5.69 Å². The van der Waals surface area contributed by atoms with Crippen molar-refractivity contribution in [3.63, 3.8) is 0 Å². The molecule has 96 valence electrons. The van der Waals surface area contributed by atoms with Gasteiger partial charge in [-0.1, -0.05) is 15.9 Å². The number of benzene rings is 1. The third kappa shape index (κ3) is 5.73. The van der Waals surface area contributed by atoms with Crippen molar-refractivity contribution < 1.29 is 0 Å². The van der Waals surface area contributed by atoms with Crippen LogP contribution in [0.4, 0.5) is 5.69 Å². The lowest BCUT2D eigenvalue weighted by atomic mass is 10.1. The van der Waals surface area contributed by atoms with Crippen molar-refractivity contribution in [2.75, 3.05) is 18.4 Å². The summed E-state index contributed by atoms with van der Waals surface area (Å²) >= 11 is 10.5. The van der Waals surface area contributed by atoms with Gasteiger partial charge in [0.25, 0.3) is 0 Å². The number of halogens is 3. The van der Waals surface area contributed by atoms with Crippen molar-refractivity contribution in [2.24, 2.45) is 0 Å². The van der Waals surface area contributed by atoms with Gasteiger partial charge in [-0.05, 0) is 64.8 Å². The minimum absolute atomic E-state index is 0.163. The smallest absolute Gasteiger partial charge is 0.0630 e. The molecule has 0 amide bonds. The molecule has 0 aromatic heterocycles. The zero-order chi connectivity index (χ0) is 13.1. The second-order valence-corrected chi connectivity index (χ2v) is 7.47. The summed E-state index contributed by atoms with van der Waals surface area (Å²) in [7, 11) is 0. The van der Waals surface area contributed by atoms with E-state index in [9.17, 15) is 0 Å². The highest BCUT2D eigenvalue weighted by atomic mass is 79.9. The van der Waals surface area contributed by atoms with Gasteiger partial charge in [-0.25, -0.2) is 0 Å². The molecule has 0 radical (unpaired) electrons. The Balaban J connectivity index is 2.53. The van der Waals surface area contributed by atoms with Crippen LogP contribution in [-0.2, 0) is 0 Å². The van der Waals surface area contributed by atoms with Crippen molar-refractivity contribution >= 4 is 53.5 Å². The Labute approximate surface area is 128 Å². The summed E-state index contributed by atoms with van der Waals surface area (Å²) in [6, 6.07) is 4.06. The van der Waals surface area contributed by atoms with E-state index < -0.39 is 0 Å². The molecule has 0 bridgehead atoms. The second kappa shape index (κ2) is 6.55. The average molecular weight is 429 g/mol. The van der Waals surface area contributed by atoms with E-state index in [1.165, 1.54) is 0 Å². The van der Waals surface area contributed by atoms with Gasteiger partial charge in [0.15, 0.2) is 0 Å². The minimum Gasteiger partial charge on any atom is -0.382 e. The monoisotopic (exact) mass is 426 g/mol. The molecule has 0 unspecified atom stereocenters. The third-order valence-electron chi connectivity index (χ3n) is 2.09. The summed E-state index contributed by atoms with van der Waals surface area (Å²) in [5.74, 6) is 0. The van der Waals surface area contributed by atoms with Crippen LogP contribution in [0.2, 0.25) is 0 Å². The minimum atomic E-state index is 0.163. The number of hydrogen-bond acceptors (Lipinski definition) is 2. The van der Waals surface area contributed by atoms with E-state index >= 15 is 0 Å². The van der Waals surface area contributed by atoms with Gasteiger partial charge in [-0.2, -0.15) is 0 Å². The van der Waals surface area contributed by atoms with E-state index in [1.54, 1.807) is 0 Å². The van der Waals surface area contributed by atoms with Crippen LogP contribution in [0.25, 0.3) is 0 Å². The highest BCUT2D eigenvalue weighted by Gasteiger charge is 2.09. The molecule has 0 fully saturated rings. The van der Waals surface area contributed by atoms with Crippen molar-refractivity contribution in [3.05, 3.63) is 25.6 Å². The van der Waals surface area contributed by atoms with Crippen LogP contribution in [0.5, 0.6) is 0 Å². The van der Waals surface area contributed by atoms with Gasteiger partial charge in [0.2, 0.25) is 0 Å². The summed E-state index contributed by atoms with van der Waals surface area (Å²) < 4.78 is 3.15. The first-order valence-electron chi connectivity index (χ1n) is 5.43. The number of anilines is 1. The standard InChI is InChI=1S/C12H17Br3N2/c1-12(2,3)17-5-4-16-11-9(14)6-8(13)7-10(11)15/h6-7,16-17H,4-5H2,1-3H3. The zero-order valence-electron chi connectivity index (χ0n) is 10.2. The van der Waals surface area contributed by atoms with E-state index in [-0.39, 0.29) is 5.54 Å². The average Bonchev–Trinajstić information content (AvgIpc) is 2.13. The molecule has 2 N–H and O–H groups in total. The molecule has 0 saturated heterocycles. The normalized spacial score (nSPS) is 11.6. The molecule has 2 nitrogen and oxygen atoms in total. The van der Waals surface area contributed by atoms with Crippen molar-refractivity contribution in [1.29, 1.82) is 0 Å². The van der Waals surface area contributed by atoms with E-state index in [0.717, 1.165) is 32.2 Å². The molecule has 0 aliphatic carbocycles. The van der Waals surface area contributed by atoms with E-state index in [4.69, 9.17) is 0 Å². The molecule has 0 aliphatic rings. The molecule has 0 heterocycles. The van der Waals surface area contributed by atoms with Crippen molar-refractivity contribution in [1.82, 2.24) is 5.32 Å². The molecule has 5 heteroatoms. The maximum Gasteiger partial charge on any atom is 0.0630 e. The third-order valence-corrected chi connectivity index (χ3v) is 3.80. The SMILES string of the molecule is CC(C)(C)NCCNc1c(Br)cc(Br)cc1Br. The van der Waals surface area contributed by atoms with Crippen molar-refractivity contribution in [3.8, 4) is 0 Å². The fourth-order valence-electron chi connectivity index (χ4n) is 1.34.